The average Bonchev–Trinajstić information content (AvgIpc) is 2.61. The maximum atomic E-state index is 11.1. The zero-order valence-corrected chi connectivity index (χ0v) is 13.0. The predicted octanol–water partition coefficient (Wildman–Crippen LogP) is 2.73. The van der Waals surface area contributed by atoms with Crippen LogP contribution in [-0.2, 0) is 0 Å². The van der Waals surface area contributed by atoms with Gasteiger partial charge in [-0.2, -0.15) is 0 Å². The molecule has 14 heteroatoms. The second-order valence-corrected chi connectivity index (χ2v) is 4.76. The summed E-state index contributed by atoms with van der Waals surface area (Å²) in [4.78, 5) is 44.4. The van der Waals surface area contributed by atoms with E-state index in [0.717, 1.165) is 18.3 Å². The smallest absolute Gasteiger partial charge is 0.328 e. The van der Waals surface area contributed by atoms with Crippen molar-refractivity contribution in [2.45, 2.75) is 0 Å². The monoisotopic (exact) mass is 377 g/mol. The highest BCUT2D eigenvalue weighted by Crippen LogP contribution is 2.40. The molecule has 0 spiro atoms. The van der Waals surface area contributed by atoms with Gasteiger partial charge in [0.2, 0.25) is 0 Å². The van der Waals surface area contributed by atoms with Crippen LogP contribution in [0.25, 0.3) is 0 Å². The van der Waals surface area contributed by atoms with Gasteiger partial charge in [0, 0.05) is 12.1 Å². The van der Waals surface area contributed by atoms with Crippen LogP contribution in [0.4, 0.5) is 22.7 Å². The van der Waals surface area contributed by atoms with Gasteiger partial charge in [0.05, 0.1) is 38.0 Å². The zero-order valence-electron chi connectivity index (χ0n) is 13.0. The quantitative estimate of drug-likeness (QED) is 0.396. The van der Waals surface area contributed by atoms with Crippen molar-refractivity contribution in [2.24, 2.45) is 5.16 Å². The molecule has 2 aromatic carbocycles. The maximum Gasteiger partial charge on any atom is 0.328 e. The number of nitrogens with zero attached hydrogens (tertiary/aromatic N) is 5. The van der Waals surface area contributed by atoms with Crippen molar-refractivity contribution >= 4 is 29.0 Å². The molecule has 0 radical (unpaired) electrons. The Labute approximate surface area is 147 Å². The summed E-state index contributed by atoms with van der Waals surface area (Å²) >= 11 is 0. The number of nitro benzene ring substituents is 4. The molecule has 0 N–H and O–H groups in total. The molecule has 0 atom stereocenters. The van der Waals surface area contributed by atoms with Crippen LogP contribution in [0.15, 0.2) is 41.6 Å². The molecule has 0 unspecified atom stereocenters. The maximum absolute atomic E-state index is 11.1. The third-order valence-corrected chi connectivity index (χ3v) is 3.09. The summed E-state index contributed by atoms with van der Waals surface area (Å²) in [6.45, 7) is 0. The van der Waals surface area contributed by atoms with Crippen molar-refractivity contribution in [2.75, 3.05) is 0 Å². The Morgan fingerprint density at radius 2 is 1.22 bits per heavy atom. The lowest BCUT2D eigenvalue weighted by atomic mass is 10.2. The third kappa shape index (κ3) is 4.32. The largest absolute Gasteiger partial charge is 0.342 e. The minimum absolute atomic E-state index is 0.185. The first kappa shape index (κ1) is 18.8. The first-order valence-corrected chi connectivity index (χ1v) is 6.76. The molecule has 0 aliphatic rings. The van der Waals surface area contributed by atoms with E-state index in [2.05, 4.69) is 5.16 Å². The number of hydrogen-bond donors (Lipinski definition) is 0. The van der Waals surface area contributed by atoms with Gasteiger partial charge in [0.1, 0.15) is 0 Å². The highest BCUT2D eigenvalue weighted by atomic mass is 16.7. The summed E-state index contributed by atoms with van der Waals surface area (Å²) in [5.41, 5.74) is -2.78. The minimum Gasteiger partial charge on any atom is -0.342 e. The fraction of sp³-hybridized carbons (Fsp3) is 0. The van der Waals surface area contributed by atoms with Gasteiger partial charge in [0.15, 0.2) is 0 Å². The standard InChI is InChI=1S/C13H7N5O9/c19-15(20)9-3-1-8(2-4-9)7-14-27-13-11(17(23)24)5-10(16(21)22)6-12(13)18(25)26/h1-7H/b14-7+. The molecular weight excluding hydrogens is 370 g/mol. The van der Waals surface area contributed by atoms with Gasteiger partial charge in [-0.15, -0.1) is 0 Å². The van der Waals surface area contributed by atoms with E-state index in [1.54, 1.807) is 0 Å². The van der Waals surface area contributed by atoms with Crippen molar-refractivity contribution in [1.29, 1.82) is 0 Å². The Hall–Kier alpha value is -4.49. The molecule has 0 aliphatic heterocycles. The Kier molecular flexibility index (Phi) is 5.30. The van der Waals surface area contributed by atoms with E-state index in [9.17, 15) is 40.5 Å². The number of rotatable bonds is 7. The summed E-state index contributed by atoms with van der Waals surface area (Å²) in [5, 5.41) is 46.9. The van der Waals surface area contributed by atoms with E-state index in [1.807, 2.05) is 0 Å². The SMILES string of the molecule is O=[N+]([O-])c1ccc(/C=N/Oc2c([N+](=O)[O-])cc([N+](=O)[O-])cc2[N+](=O)[O-])cc1. The lowest BCUT2D eigenvalue weighted by molar-refractivity contribution is -0.404. The topological polar surface area (TPSA) is 194 Å². The fourth-order valence-corrected chi connectivity index (χ4v) is 1.88. The van der Waals surface area contributed by atoms with Crippen molar-refractivity contribution in [3.8, 4) is 5.75 Å². The molecule has 0 amide bonds. The molecule has 0 saturated heterocycles. The molecule has 0 aliphatic carbocycles. The van der Waals surface area contributed by atoms with Crippen LogP contribution in [0.1, 0.15) is 5.56 Å². The number of hydrogen-bond acceptors (Lipinski definition) is 10. The van der Waals surface area contributed by atoms with Crippen LogP contribution >= 0.6 is 0 Å². The molecule has 27 heavy (non-hydrogen) atoms. The van der Waals surface area contributed by atoms with Gasteiger partial charge in [0.25, 0.3) is 11.4 Å². The van der Waals surface area contributed by atoms with Crippen molar-refractivity contribution < 1.29 is 24.5 Å². The van der Waals surface area contributed by atoms with Gasteiger partial charge in [-0.05, 0) is 17.7 Å². The highest BCUT2D eigenvalue weighted by molar-refractivity contribution is 5.79. The number of nitro groups is 4. The predicted molar refractivity (Wildman–Crippen MR) is 87.7 cm³/mol. The Morgan fingerprint density at radius 1 is 0.741 bits per heavy atom. The van der Waals surface area contributed by atoms with Gasteiger partial charge in [-0.1, -0.05) is 5.16 Å². The van der Waals surface area contributed by atoms with E-state index in [4.69, 9.17) is 4.84 Å². The Balaban J connectivity index is 2.39. The zero-order chi connectivity index (χ0) is 20.1. The van der Waals surface area contributed by atoms with Crippen LogP contribution in [0.5, 0.6) is 5.75 Å². The fourth-order valence-electron chi connectivity index (χ4n) is 1.88. The normalized spacial score (nSPS) is 10.5. The van der Waals surface area contributed by atoms with Crippen LogP contribution in [-0.4, -0.2) is 25.9 Å². The molecule has 2 aromatic rings. The molecular formula is C13H7N5O9. The van der Waals surface area contributed by atoms with E-state index < -0.39 is 42.5 Å². The Morgan fingerprint density at radius 3 is 1.63 bits per heavy atom. The summed E-state index contributed by atoms with van der Waals surface area (Å²) in [5.74, 6) is -0.895. The summed E-state index contributed by atoms with van der Waals surface area (Å²) < 4.78 is 0. The van der Waals surface area contributed by atoms with Gasteiger partial charge >= 0.3 is 17.1 Å². The lowest BCUT2D eigenvalue weighted by Crippen LogP contribution is -2.01. The van der Waals surface area contributed by atoms with Crippen LogP contribution in [0.3, 0.4) is 0 Å². The third-order valence-electron chi connectivity index (χ3n) is 3.09. The molecule has 0 saturated carbocycles. The number of oxime groups is 1. The molecule has 0 bridgehead atoms. The van der Waals surface area contributed by atoms with E-state index in [1.165, 1.54) is 12.1 Å². The molecule has 0 fully saturated rings. The summed E-state index contributed by atoms with van der Waals surface area (Å²) in [6.07, 6.45) is 0.999. The van der Waals surface area contributed by atoms with E-state index in [0.29, 0.717) is 17.7 Å². The summed E-state index contributed by atoms with van der Waals surface area (Å²) in [6, 6.07) is 5.93. The lowest BCUT2D eigenvalue weighted by Gasteiger charge is -2.02. The minimum atomic E-state index is -1.09. The first-order valence-electron chi connectivity index (χ1n) is 6.76. The molecule has 0 aromatic heterocycles. The number of non-ortho nitro benzene ring substituents is 2. The Bertz CT molecular complexity index is 936. The van der Waals surface area contributed by atoms with Crippen molar-refractivity contribution in [1.82, 2.24) is 0 Å². The molecule has 0 heterocycles. The van der Waals surface area contributed by atoms with E-state index in [-0.39, 0.29) is 5.69 Å². The molecule has 2 rings (SSSR count). The second-order valence-electron chi connectivity index (χ2n) is 4.76. The van der Waals surface area contributed by atoms with E-state index >= 15 is 0 Å². The second kappa shape index (κ2) is 7.60. The van der Waals surface area contributed by atoms with Crippen LogP contribution in [0, 0.1) is 40.5 Å². The van der Waals surface area contributed by atoms with Crippen LogP contribution < -0.4 is 4.84 Å². The molecule has 138 valence electrons. The van der Waals surface area contributed by atoms with Crippen LogP contribution in [0.2, 0.25) is 0 Å². The van der Waals surface area contributed by atoms with Crippen molar-refractivity contribution in [3.05, 3.63) is 82.4 Å². The highest BCUT2D eigenvalue weighted by Gasteiger charge is 2.32. The van der Waals surface area contributed by atoms with Crippen molar-refractivity contribution in [3.63, 3.8) is 0 Å². The molecule has 14 nitrogen and oxygen atoms in total. The average molecular weight is 377 g/mol. The summed E-state index contributed by atoms with van der Waals surface area (Å²) in [7, 11) is 0. The number of benzene rings is 2. The van der Waals surface area contributed by atoms with Gasteiger partial charge < -0.3 is 4.84 Å². The van der Waals surface area contributed by atoms with Gasteiger partial charge in [-0.3, -0.25) is 40.5 Å². The van der Waals surface area contributed by atoms with Gasteiger partial charge in [-0.25, -0.2) is 0 Å². The first-order chi connectivity index (χ1) is 12.7.